The molecule has 0 aliphatic heterocycles. The first kappa shape index (κ1) is 17.7. The highest BCUT2D eigenvalue weighted by Gasteiger charge is 2.11. The molecule has 0 saturated carbocycles. The van der Waals surface area contributed by atoms with Crippen molar-refractivity contribution in [1.82, 2.24) is 0 Å². The van der Waals surface area contributed by atoms with E-state index in [0.29, 0.717) is 11.7 Å². The number of Topliss-reactive ketones (excluding diaryl/α,β-unsaturated/α-hetero) is 1. The smallest absolute Gasteiger partial charge is 0.135 e. The van der Waals surface area contributed by atoms with Crippen LogP contribution in [0.3, 0.4) is 0 Å². The van der Waals surface area contributed by atoms with Crippen molar-refractivity contribution in [3.8, 4) is 0 Å². The van der Waals surface area contributed by atoms with Gasteiger partial charge in [0.25, 0.3) is 0 Å². The lowest BCUT2D eigenvalue weighted by atomic mass is 9.95. The lowest BCUT2D eigenvalue weighted by Crippen LogP contribution is -2.10. The second-order valence-corrected chi connectivity index (χ2v) is 5.73. The molecular weight excluding hydrogens is 220 g/mol. The fourth-order valence-electron chi connectivity index (χ4n) is 2.34. The minimum Gasteiger partial charge on any atom is -0.299 e. The van der Waals surface area contributed by atoms with Crippen LogP contribution < -0.4 is 0 Å². The van der Waals surface area contributed by atoms with Gasteiger partial charge < -0.3 is 0 Å². The molecule has 0 aliphatic carbocycles. The van der Waals surface area contributed by atoms with Gasteiger partial charge in [-0.15, -0.1) is 0 Å². The molecule has 1 atom stereocenters. The Morgan fingerprint density at radius 1 is 0.778 bits per heavy atom. The molecule has 0 saturated heterocycles. The molecule has 0 spiro atoms. The third-order valence-corrected chi connectivity index (χ3v) is 3.82. The molecule has 1 unspecified atom stereocenters. The van der Waals surface area contributed by atoms with Gasteiger partial charge >= 0.3 is 0 Å². The van der Waals surface area contributed by atoms with E-state index < -0.39 is 0 Å². The van der Waals surface area contributed by atoms with E-state index in [1.807, 2.05) is 0 Å². The molecule has 108 valence electrons. The van der Waals surface area contributed by atoms with Crippen molar-refractivity contribution >= 4 is 5.78 Å². The van der Waals surface area contributed by atoms with Crippen molar-refractivity contribution in [3.05, 3.63) is 0 Å². The van der Waals surface area contributed by atoms with Crippen LogP contribution in [0.15, 0.2) is 0 Å². The quantitative estimate of drug-likeness (QED) is 0.373. The van der Waals surface area contributed by atoms with Gasteiger partial charge in [0, 0.05) is 12.3 Å². The van der Waals surface area contributed by atoms with Crippen LogP contribution in [0, 0.1) is 5.92 Å². The normalized spacial score (nSPS) is 12.6. The van der Waals surface area contributed by atoms with Crippen LogP contribution in [-0.2, 0) is 4.79 Å². The Morgan fingerprint density at radius 3 is 1.83 bits per heavy atom. The Hall–Kier alpha value is -0.330. The summed E-state index contributed by atoms with van der Waals surface area (Å²) in [4.78, 5) is 11.7. The lowest BCUT2D eigenvalue weighted by Gasteiger charge is -2.09. The first-order chi connectivity index (χ1) is 8.72. The number of ketones is 1. The van der Waals surface area contributed by atoms with Gasteiger partial charge in [-0.05, 0) is 12.8 Å². The molecule has 0 N–H and O–H groups in total. The van der Waals surface area contributed by atoms with Crippen LogP contribution in [0.4, 0.5) is 0 Å². The molecule has 18 heavy (non-hydrogen) atoms. The van der Waals surface area contributed by atoms with Gasteiger partial charge in [-0.3, -0.25) is 4.79 Å². The van der Waals surface area contributed by atoms with Gasteiger partial charge in [-0.25, -0.2) is 0 Å². The van der Waals surface area contributed by atoms with E-state index in [1.54, 1.807) is 0 Å². The van der Waals surface area contributed by atoms with E-state index in [4.69, 9.17) is 0 Å². The first-order valence-electron chi connectivity index (χ1n) is 8.25. The molecule has 0 heterocycles. The molecule has 0 radical (unpaired) electrons. The predicted molar refractivity (Wildman–Crippen MR) is 80.9 cm³/mol. The molecule has 0 amide bonds. The van der Waals surface area contributed by atoms with Crippen LogP contribution in [-0.4, -0.2) is 5.78 Å². The van der Waals surface area contributed by atoms with Gasteiger partial charge in [0.05, 0.1) is 0 Å². The molecule has 0 aromatic heterocycles. The lowest BCUT2D eigenvalue weighted by molar-refractivity contribution is -0.122. The second kappa shape index (κ2) is 13.1. The van der Waals surface area contributed by atoms with Gasteiger partial charge in [0.1, 0.15) is 5.78 Å². The molecule has 1 nitrogen and oxygen atoms in total. The van der Waals surface area contributed by atoms with Crippen LogP contribution in [0.1, 0.15) is 97.8 Å². The largest absolute Gasteiger partial charge is 0.299 e. The molecule has 0 aliphatic rings. The molecule has 0 bridgehead atoms. The second-order valence-electron chi connectivity index (χ2n) is 5.73. The molecular formula is C17H34O. The standard InChI is InChI=1S/C17H34O/c1-4-6-8-9-10-11-12-13-14-16(3)17(18)15-7-5-2/h16H,4-15H2,1-3H3. The van der Waals surface area contributed by atoms with E-state index in [1.165, 1.54) is 51.4 Å². The average Bonchev–Trinajstić information content (AvgIpc) is 2.38. The van der Waals surface area contributed by atoms with Crippen molar-refractivity contribution in [3.63, 3.8) is 0 Å². The molecule has 0 rings (SSSR count). The van der Waals surface area contributed by atoms with Crippen LogP contribution in [0.25, 0.3) is 0 Å². The Kier molecular flexibility index (Phi) is 12.9. The summed E-state index contributed by atoms with van der Waals surface area (Å²) in [6.45, 7) is 6.52. The van der Waals surface area contributed by atoms with Crippen molar-refractivity contribution in [2.75, 3.05) is 0 Å². The summed E-state index contributed by atoms with van der Waals surface area (Å²) >= 11 is 0. The Bertz CT molecular complexity index is 186. The Labute approximate surface area is 115 Å². The minimum atomic E-state index is 0.302. The summed E-state index contributed by atoms with van der Waals surface area (Å²) in [6.07, 6.45) is 15.0. The molecule has 0 fully saturated rings. The van der Waals surface area contributed by atoms with Crippen molar-refractivity contribution in [1.29, 1.82) is 0 Å². The number of rotatable bonds is 13. The van der Waals surface area contributed by atoms with Crippen LogP contribution in [0.5, 0.6) is 0 Å². The van der Waals surface area contributed by atoms with E-state index in [-0.39, 0.29) is 0 Å². The summed E-state index contributed by atoms with van der Waals surface area (Å²) in [5.74, 6) is 0.788. The average molecular weight is 254 g/mol. The monoisotopic (exact) mass is 254 g/mol. The van der Waals surface area contributed by atoms with Gasteiger partial charge in [0.2, 0.25) is 0 Å². The fourth-order valence-corrected chi connectivity index (χ4v) is 2.34. The van der Waals surface area contributed by atoms with Crippen molar-refractivity contribution < 1.29 is 4.79 Å². The Morgan fingerprint density at radius 2 is 1.28 bits per heavy atom. The van der Waals surface area contributed by atoms with E-state index >= 15 is 0 Å². The first-order valence-corrected chi connectivity index (χ1v) is 8.25. The fraction of sp³-hybridized carbons (Fsp3) is 0.941. The maximum Gasteiger partial charge on any atom is 0.135 e. The van der Waals surface area contributed by atoms with Gasteiger partial charge in [-0.2, -0.15) is 0 Å². The molecule has 0 aromatic rings. The number of hydrogen-bond donors (Lipinski definition) is 0. The summed E-state index contributed by atoms with van der Waals surface area (Å²) in [7, 11) is 0. The van der Waals surface area contributed by atoms with E-state index in [0.717, 1.165) is 25.7 Å². The molecule has 1 heteroatoms. The van der Waals surface area contributed by atoms with E-state index in [2.05, 4.69) is 20.8 Å². The SMILES string of the molecule is CCCCCCCCCCC(C)C(=O)CCCC. The topological polar surface area (TPSA) is 17.1 Å². The Balaban J connectivity index is 3.29. The predicted octanol–water partition coefficient (Wildman–Crippen LogP) is 5.91. The summed E-state index contributed by atoms with van der Waals surface area (Å²) in [5, 5.41) is 0. The summed E-state index contributed by atoms with van der Waals surface area (Å²) in [6, 6.07) is 0. The highest BCUT2D eigenvalue weighted by Crippen LogP contribution is 2.15. The third kappa shape index (κ3) is 10.8. The van der Waals surface area contributed by atoms with Gasteiger partial charge in [0.15, 0.2) is 0 Å². The highest BCUT2D eigenvalue weighted by molar-refractivity contribution is 5.80. The maximum absolute atomic E-state index is 11.7. The number of carbonyl (C=O) groups excluding carboxylic acids is 1. The van der Waals surface area contributed by atoms with Crippen molar-refractivity contribution in [2.45, 2.75) is 97.8 Å². The maximum atomic E-state index is 11.7. The summed E-state index contributed by atoms with van der Waals surface area (Å²) in [5.41, 5.74) is 0. The summed E-state index contributed by atoms with van der Waals surface area (Å²) < 4.78 is 0. The van der Waals surface area contributed by atoms with Crippen LogP contribution in [0.2, 0.25) is 0 Å². The number of unbranched alkanes of at least 4 members (excludes halogenated alkanes) is 8. The van der Waals surface area contributed by atoms with Gasteiger partial charge in [-0.1, -0.05) is 78.6 Å². The molecule has 0 aromatic carbocycles. The zero-order valence-corrected chi connectivity index (χ0v) is 13.0. The number of carbonyl (C=O) groups is 1. The highest BCUT2D eigenvalue weighted by atomic mass is 16.1. The third-order valence-electron chi connectivity index (χ3n) is 3.82. The minimum absolute atomic E-state index is 0.302. The van der Waals surface area contributed by atoms with E-state index in [9.17, 15) is 4.79 Å². The van der Waals surface area contributed by atoms with Crippen LogP contribution >= 0.6 is 0 Å². The number of hydrogen-bond acceptors (Lipinski definition) is 1. The zero-order valence-electron chi connectivity index (χ0n) is 13.0. The van der Waals surface area contributed by atoms with Crippen molar-refractivity contribution in [2.24, 2.45) is 5.92 Å². The zero-order chi connectivity index (χ0) is 13.6.